The molecule has 0 saturated heterocycles. The van der Waals surface area contributed by atoms with E-state index in [1.165, 1.54) is 0 Å². The number of Topliss-reactive ketones (excluding diaryl/α,β-unsaturated/α-hetero) is 1. The number of benzene rings is 2. The van der Waals surface area contributed by atoms with Crippen LogP contribution in [0.2, 0.25) is 0 Å². The van der Waals surface area contributed by atoms with Gasteiger partial charge in [-0.15, -0.1) is 0 Å². The van der Waals surface area contributed by atoms with E-state index in [4.69, 9.17) is 18.4 Å². The molecule has 0 amide bonds. The van der Waals surface area contributed by atoms with Crippen LogP contribution in [-0.4, -0.2) is 50.8 Å². The van der Waals surface area contributed by atoms with E-state index in [9.17, 15) is 18.0 Å². The third-order valence-corrected chi connectivity index (χ3v) is 5.33. The van der Waals surface area contributed by atoms with Gasteiger partial charge in [-0.3, -0.25) is 8.98 Å². The molecule has 35 heavy (non-hydrogen) atoms. The predicted molar refractivity (Wildman–Crippen MR) is 132 cm³/mol. The maximum Gasteiger partial charge on any atom is 0.338 e. The quantitative estimate of drug-likeness (QED) is 0.238. The first-order valence-corrected chi connectivity index (χ1v) is 13.1. The predicted octanol–water partition coefficient (Wildman–Crippen LogP) is 4.36. The summed E-state index contributed by atoms with van der Waals surface area (Å²) < 4.78 is 43.5. The van der Waals surface area contributed by atoms with Crippen LogP contribution in [0, 0.1) is 0 Å². The number of hydrogen-bond donors (Lipinski definition) is 0. The van der Waals surface area contributed by atoms with E-state index in [0.717, 1.165) is 11.8 Å². The molecule has 0 bridgehead atoms. The fourth-order valence-electron chi connectivity index (χ4n) is 2.91. The summed E-state index contributed by atoms with van der Waals surface area (Å²) >= 11 is 0. The summed E-state index contributed by atoms with van der Waals surface area (Å²) in [6.45, 7) is 8.66. The van der Waals surface area contributed by atoms with Crippen LogP contribution >= 0.6 is 0 Å². The van der Waals surface area contributed by atoms with Crippen molar-refractivity contribution in [2.45, 2.75) is 58.7 Å². The SMILES string of the molecule is CC(C)(C)OC(=O)c1ccc(OCC(=O)C(C)(C)Oc2ccc(CCCOS(C)(=O)=O)cc2)cc1. The first-order chi connectivity index (χ1) is 16.1. The summed E-state index contributed by atoms with van der Waals surface area (Å²) in [6, 6.07) is 13.6. The summed E-state index contributed by atoms with van der Waals surface area (Å²) in [7, 11) is -3.43. The molecule has 0 aliphatic rings. The minimum Gasteiger partial charge on any atom is -0.486 e. The summed E-state index contributed by atoms with van der Waals surface area (Å²) in [5.41, 5.74) is -0.314. The van der Waals surface area contributed by atoms with Gasteiger partial charge in [-0.25, -0.2) is 4.79 Å². The summed E-state index contributed by atoms with van der Waals surface area (Å²) in [6.07, 6.45) is 2.24. The van der Waals surface area contributed by atoms with E-state index in [0.29, 0.717) is 29.9 Å². The second-order valence-corrected chi connectivity index (χ2v) is 11.3. The van der Waals surface area contributed by atoms with Crippen LogP contribution < -0.4 is 9.47 Å². The first-order valence-electron chi connectivity index (χ1n) is 11.3. The third kappa shape index (κ3) is 10.5. The molecule has 0 unspecified atom stereocenters. The molecule has 0 aliphatic heterocycles. The summed E-state index contributed by atoms with van der Waals surface area (Å²) in [4.78, 5) is 24.8. The van der Waals surface area contributed by atoms with Crippen molar-refractivity contribution in [3.63, 3.8) is 0 Å². The minimum atomic E-state index is -3.43. The van der Waals surface area contributed by atoms with E-state index < -0.39 is 27.3 Å². The highest BCUT2D eigenvalue weighted by Crippen LogP contribution is 2.22. The zero-order valence-corrected chi connectivity index (χ0v) is 21.9. The number of aryl methyl sites for hydroxylation is 1. The van der Waals surface area contributed by atoms with Crippen molar-refractivity contribution < 1.29 is 36.4 Å². The van der Waals surface area contributed by atoms with Crippen molar-refractivity contribution in [3.05, 3.63) is 59.7 Å². The van der Waals surface area contributed by atoms with Crippen molar-refractivity contribution in [2.24, 2.45) is 0 Å². The molecule has 2 aromatic carbocycles. The molecule has 0 radical (unpaired) electrons. The molecule has 0 N–H and O–H groups in total. The van der Waals surface area contributed by atoms with Crippen LogP contribution in [0.5, 0.6) is 11.5 Å². The van der Waals surface area contributed by atoms with Gasteiger partial charge >= 0.3 is 5.97 Å². The average Bonchev–Trinajstić information content (AvgIpc) is 2.74. The number of ether oxygens (including phenoxy) is 3. The Morgan fingerprint density at radius 2 is 1.43 bits per heavy atom. The van der Waals surface area contributed by atoms with E-state index in [1.54, 1.807) is 71.0 Å². The lowest BCUT2D eigenvalue weighted by molar-refractivity contribution is -0.134. The number of carbonyl (C=O) groups is 2. The highest BCUT2D eigenvalue weighted by atomic mass is 32.2. The van der Waals surface area contributed by atoms with E-state index in [2.05, 4.69) is 0 Å². The molecular formula is C26H34O8S. The van der Waals surface area contributed by atoms with Crippen molar-refractivity contribution in [1.82, 2.24) is 0 Å². The van der Waals surface area contributed by atoms with Crippen molar-refractivity contribution in [3.8, 4) is 11.5 Å². The topological polar surface area (TPSA) is 105 Å². The molecule has 0 fully saturated rings. The molecule has 0 aromatic heterocycles. The smallest absolute Gasteiger partial charge is 0.338 e. The molecule has 0 spiro atoms. The molecule has 2 rings (SSSR count). The van der Waals surface area contributed by atoms with E-state index >= 15 is 0 Å². The van der Waals surface area contributed by atoms with E-state index in [-0.39, 0.29) is 19.0 Å². The molecule has 2 aromatic rings. The van der Waals surface area contributed by atoms with Gasteiger partial charge in [-0.1, -0.05) is 12.1 Å². The van der Waals surface area contributed by atoms with Gasteiger partial charge in [0.2, 0.25) is 5.78 Å². The lowest BCUT2D eigenvalue weighted by atomic mass is 10.0. The van der Waals surface area contributed by atoms with Crippen molar-refractivity contribution >= 4 is 21.9 Å². The highest BCUT2D eigenvalue weighted by molar-refractivity contribution is 7.85. The minimum absolute atomic E-state index is 0.127. The van der Waals surface area contributed by atoms with Gasteiger partial charge in [0.15, 0.2) is 12.2 Å². The lowest BCUT2D eigenvalue weighted by Gasteiger charge is -2.25. The zero-order chi connectivity index (χ0) is 26.3. The first kappa shape index (κ1) is 28.3. The van der Waals surface area contributed by atoms with Crippen LogP contribution in [0.1, 0.15) is 57.0 Å². The second kappa shape index (κ2) is 11.7. The monoisotopic (exact) mass is 506 g/mol. The Kier molecular flexibility index (Phi) is 9.45. The molecule has 0 saturated carbocycles. The largest absolute Gasteiger partial charge is 0.486 e. The normalized spacial score (nSPS) is 12.2. The molecule has 8 nitrogen and oxygen atoms in total. The maximum atomic E-state index is 12.7. The second-order valence-electron chi connectivity index (χ2n) is 9.62. The van der Waals surface area contributed by atoms with Crippen LogP contribution in [0.25, 0.3) is 0 Å². The maximum absolute atomic E-state index is 12.7. The van der Waals surface area contributed by atoms with Crippen molar-refractivity contribution in [1.29, 1.82) is 0 Å². The Labute approximate surface area is 207 Å². The number of ketones is 1. The number of esters is 1. The zero-order valence-electron chi connectivity index (χ0n) is 21.1. The van der Waals surface area contributed by atoms with Crippen LogP contribution in [0.4, 0.5) is 0 Å². The van der Waals surface area contributed by atoms with Crippen molar-refractivity contribution in [2.75, 3.05) is 19.5 Å². The Hall–Kier alpha value is -2.91. The number of hydrogen-bond acceptors (Lipinski definition) is 8. The third-order valence-electron chi connectivity index (χ3n) is 4.73. The Bertz CT molecular complexity index is 1100. The van der Waals surface area contributed by atoms with Gasteiger partial charge in [0.25, 0.3) is 10.1 Å². The highest BCUT2D eigenvalue weighted by Gasteiger charge is 2.30. The lowest BCUT2D eigenvalue weighted by Crippen LogP contribution is -2.41. The summed E-state index contributed by atoms with van der Waals surface area (Å²) in [5, 5.41) is 0. The molecule has 0 aliphatic carbocycles. The molecule has 192 valence electrons. The Morgan fingerprint density at radius 3 is 1.97 bits per heavy atom. The average molecular weight is 507 g/mol. The Balaban J connectivity index is 1.85. The molecular weight excluding hydrogens is 472 g/mol. The number of carbonyl (C=O) groups excluding carboxylic acids is 2. The van der Waals surface area contributed by atoms with Gasteiger partial charge in [-0.05, 0) is 89.4 Å². The van der Waals surface area contributed by atoms with Gasteiger partial charge in [0.05, 0.1) is 18.4 Å². The van der Waals surface area contributed by atoms with Crippen LogP contribution in [0.15, 0.2) is 48.5 Å². The standard InChI is InChI=1S/C26H34O8S/c1-25(2,3)34-24(28)20-11-15-21(16-12-20)31-18-23(27)26(4,5)33-22-13-9-19(10-14-22)8-7-17-32-35(6,29)30/h9-16H,7-8,17-18H2,1-6H3. The Morgan fingerprint density at radius 1 is 0.857 bits per heavy atom. The van der Waals surface area contributed by atoms with Crippen LogP contribution in [0.3, 0.4) is 0 Å². The molecule has 0 atom stereocenters. The van der Waals surface area contributed by atoms with E-state index in [1.807, 2.05) is 12.1 Å². The molecule has 9 heteroatoms. The fraction of sp³-hybridized carbons (Fsp3) is 0.462. The van der Waals surface area contributed by atoms with Gasteiger partial charge in [0.1, 0.15) is 17.1 Å². The van der Waals surface area contributed by atoms with Gasteiger partial charge < -0.3 is 14.2 Å². The van der Waals surface area contributed by atoms with Gasteiger partial charge in [0, 0.05) is 0 Å². The fourth-order valence-corrected chi connectivity index (χ4v) is 3.33. The van der Waals surface area contributed by atoms with Crippen LogP contribution in [-0.2, 0) is 30.3 Å². The summed E-state index contributed by atoms with van der Waals surface area (Å²) in [5.74, 6) is 0.297. The number of rotatable bonds is 12. The van der Waals surface area contributed by atoms with Gasteiger partial charge in [-0.2, -0.15) is 8.42 Å². The molecule has 0 heterocycles.